The molecule has 4 heteroatoms. The first-order valence-electron chi connectivity index (χ1n) is 10.2. The van der Waals surface area contributed by atoms with Crippen LogP contribution in [0.25, 0.3) is 0 Å². The van der Waals surface area contributed by atoms with E-state index in [0.717, 1.165) is 44.9 Å². The lowest BCUT2D eigenvalue weighted by Crippen LogP contribution is -2.27. The number of aliphatic carboxylic acids is 1. The van der Waals surface area contributed by atoms with E-state index >= 15 is 0 Å². The number of aliphatic hydroxyl groups excluding tert-OH is 2. The van der Waals surface area contributed by atoms with Gasteiger partial charge in [0, 0.05) is 6.42 Å². The van der Waals surface area contributed by atoms with Crippen LogP contribution in [0.3, 0.4) is 0 Å². The fourth-order valence-electron chi connectivity index (χ4n) is 3.74. The summed E-state index contributed by atoms with van der Waals surface area (Å²) in [6.45, 7) is 6.39. The maximum Gasteiger partial charge on any atom is 0.303 e. The highest BCUT2D eigenvalue weighted by Gasteiger charge is 2.33. The Morgan fingerprint density at radius 3 is 2.58 bits per heavy atom. The number of carboxylic acid groups (broad SMARTS) is 1. The highest BCUT2D eigenvalue weighted by molar-refractivity contribution is 5.66. The smallest absolute Gasteiger partial charge is 0.303 e. The van der Waals surface area contributed by atoms with E-state index in [-0.39, 0.29) is 23.9 Å². The van der Waals surface area contributed by atoms with E-state index in [1.165, 1.54) is 0 Å². The minimum absolute atomic E-state index is 0.119. The van der Waals surface area contributed by atoms with Crippen molar-refractivity contribution in [3.8, 4) is 0 Å². The van der Waals surface area contributed by atoms with Gasteiger partial charge in [-0.05, 0) is 55.8 Å². The first-order chi connectivity index (χ1) is 12.3. The molecular formula is C22H38O4. The van der Waals surface area contributed by atoms with E-state index in [1.807, 2.05) is 18.2 Å². The summed E-state index contributed by atoms with van der Waals surface area (Å²) in [5.41, 5.74) is -0.119. The van der Waals surface area contributed by atoms with Crippen LogP contribution in [-0.2, 0) is 4.79 Å². The average molecular weight is 367 g/mol. The molecule has 0 aromatic heterocycles. The summed E-state index contributed by atoms with van der Waals surface area (Å²) in [7, 11) is 0. The van der Waals surface area contributed by atoms with Crippen molar-refractivity contribution >= 4 is 5.97 Å². The normalized spacial score (nSPS) is 25.3. The Bertz CT molecular complexity index is 467. The Morgan fingerprint density at radius 1 is 1.23 bits per heavy atom. The number of carbonyl (C=O) groups is 1. The zero-order valence-corrected chi connectivity index (χ0v) is 16.7. The molecular weight excluding hydrogens is 328 g/mol. The number of hydrogen-bond acceptors (Lipinski definition) is 3. The van der Waals surface area contributed by atoms with Crippen LogP contribution in [0.4, 0.5) is 0 Å². The molecule has 26 heavy (non-hydrogen) atoms. The molecule has 1 saturated carbocycles. The summed E-state index contributed by atoms with van der Waals surface area (Å²) in [6.07, 6.45) is 14.8. The second kappa shape index (κ2) is 11.6. The molecule has 0 aromatic rings. The van der Waals surface area contributed by atoms with Crippen LogP contribution in [-0.4, -0.2) is 33.5 Å². The van der Waals surface area contributed by atoms with Gasteiger partial charge in [-0.1, -0.05) is 57.9 Å². The van der Waals surface area contributed by atoms with Gasteiger partial charge in [-0.3, -0.25) is 4.79 Å². The van der Waals surface area contributed by atoms with Gasteiger partial charge in [0.25, 0.3) is 0 Å². The lowest BCUT2D eigenvalue weighted by molar-refractivity contribution is -0.136. The third-order valence-electron chi connectivity index (χ3n) is 5.71. The van der Waals surface area contributed by atoms with E-state index in [4.69, 9.17) is 5.11 Å². The summed E-state index contributed by atoms with van der Waals surface area (Å²) < 4.78 is 0. The van der Waals surface area contributed by atoms with Gasteiger partial charge in [0.1, 0.15) is 0 Å². The van der Waals surface area contributed by atoms with Gasteiger partial charge < -0.3 is 15.3 Å². The molecule has 4 unspecified atom stereocenters. The summed E-state index contributed by atoms with van der Waals surface area (Å²) in [4.78, 5) is 10.5. The van der Waals surface area contributed by atoms with Crippen LogP contribution in [0.5, 0.6) is 0 Å². The first-order valence-corrected chi connectivity index (χ1v) is 10.2. The van der Waals surface area contributed by atoms with Crippen molar-refractivity contribution in [2.24, 2.45) is 17.3 Å². The molecule has 0 spiro atoms. The van der Waals surface area contributed by atoms with Crippen molar-refractivity contribution in [3.05, 3.63) is 24.3 Å². The van der Waals surface area contributed by atoms with Gasteiger partial charge in [0.2, 0.25) is 0 Å². The zero-order valence-electron chi connectivity index (χ0n) is 16.7. The Balaban J connectivity index is 2.50. The summed E-state index contributed by atoms with van der Waals surface area (Å²) >= 11 is 0. The monoisotopic (exact) mass is 366 g/mol. The quantitative estimate of drug-likeness (QED) is 0.437. The van der Waals surface area contributed by atoms with Crippen LogP contribution < -0.4 is 0 Å². The van der Waals surface area contributed by atoms with Gasteiger partial charge in [-0.15, -0.1) is 0 Å². The summed E-state index contributed by atoms with van der Waals surface area (Å²) in [6, 6.07) is 0. The molecule has 4 atom stereocenters. The lowest BCUT2D eigenvalue weighted by Gasteiger charge is -2.29. The Labute approximate surface area is 159 Å². The molecule has 0 saturated heterocycles. The number of allylic oxidation sites excluding steroid dienone is 3. The van der Waals surface area contributed by atoms with Crippen LogP contribution in [0.1, 0.15) is 78.6 Å². The Kier molecular flexibility index (Phi) is 10.2. The van der Waals surface area contributed by atoms with E-state index < -0.39 is 12.1 Å². The Hall–Kier alpha value is -1.13. The molecule has 0 amide bonds. The van der Waals surface area contributed by atoms with Crippen molar-refractivity contribution in [2.45, 2.75) is 90.8 Å². The van der Waals surface area contributed by atoms with Crippen molar-refractivity contribution in [1.82, 2.24) is 0 Å². The number of aliphatic hydroxyl groups is 2. The largest absolute Gasteiger partial charge is 0.481 e. The van der Waals surface area contributed by atoms with E-state index in [9.17, 15) is 15.0 Å². The van der Waals surface area contributed by atoms with Crippen LogP contribution >= 0.6 is 0 Å². The number of hydrogen-bond donors (Lipinski definition) is 3. The summed E-state index contributed by atoms with van der Waals surface area (Å²) in [5.74, 6) is -0.234. The zero-order chi connectivity index (χ0) is 19.6. The molecule has 0 aliphatic heterocycles. The SMILES string of the molecule is CCCCC(C)(C)C(O)C=CC1CCC(O)C1CCC=CCCC(=O)O. The molecule has 1 aliphatic carbocycles. The fourth-order valence-corrected chi connectivity index (χ4v) is 3.74. The van der Waals surface area contributed by atoms with Gasteiger partial charge in [-0.2, -0.15) is 0 Å². The minimum Gasteiger partial charge on any atom is -0.481 e. The molecule has 0 aromatic carbocycles. The molecule has 150 valence electrons. The van der Waals surface area contributed by atoms with Crippen LogP contribution in [0.15, 0.2) is 24.3 Å². The maximum absolute atomic E-state index is 10.5. The van der Waals surface area contributed by atoms with Crippen molar-refractivity contribution in [2.75, 3.05) is 0 Å². The molecule has 1 fully saturated rings. The first kappa shape index (κ1) is 22.9. The molecule has 0 bridgehead atoms. The number of carboxylic acids is 1. The van der Waals surface area contributed by atoms with Gasteiger partial charge in [0.15, 0.2) is 0 Å². The van der Waals surface area contributed by atoms with Crippen LogP contribution in [0.2, 0.25) is 0 Å². The molecule has 3 N–H and O–H groups in total. The third kappa shape index (κ3) is 8.05. The third-order valence-corrected chi connectivity index (χ3v) is 5.71. The molecule has 1 rings (SSSR count). The van der Waals surface area contributed by atoms with Crippen LogP contribution in [0, 0.1) is 17.3 Å². The standard InChI is InChI=1S/C22H38O4/c1-4-5-16-22(2,3)20(24)15-13-17-12-14-19(23)18(17)10-8-6-7-9-11-21(25)26/h6-7,13,15,17-20,23-24H,4-5,8-12,14,16H2,1-3H3,(H,25,26). The number of rotatable bonds is 12. The lowest BCUT2D eigenvalue weighted by atomic mass is 9.80. The fraction of sp³-hybridized carbons (Fsp3) is 0.773. The van der Waals surface area contributed by atoms with Gasteiger partial charge in [0.05, 0.1) is 12.2 Å². The van der Waals surface area contributed by atoms with Gasteiger partial charge >= 0.3 is 5.97 Å². The maximum atomic E-state index is 10.5. The van der Waals surface area contributed by atoms with E-state index in [1.54, 1.807) is 0 Å². The average Bonchev–Trinajstić information content (AvgIpc) is 2.93. The second-order valence-electron chi connectivity index (χ2n) is 8.38. The van der Waals surface area contributed by atoms with Crippen molar-refractivity contribution in [1.29, 1.82) is 0 Å². The summed E-state index contributed by atoms with van der Waals surface area (Å²) in [5, 5.41) is 29.4. The van der Waals surface area contributed by atoms with Crippen molar-refractivity contribution < 1.29 is 20.1 Å². The Morgan fingerprint density at radius 2 is 1.92 bits per heavy atom. The van der Waals surface area contributed by atoms with Crippen molar-refractivity contribution in [3.63, 3.8) is 0 Å². The predicted molar refractivity (Wildman–Crippen MR) is 106 cm³/mol. The van der Waals surface area contributed by atoms with Gasteiger partial charge in [-0.25, -0.2) is 0 Å². The molecule has 0 radical (unpaired) electrons. The second-order valence-corrected chi connectivity index (χ2v) is 8.38. The highest BCUT2D eigenvalue weighted by atomic mass is 16.4. The highest BCUT2D eigenvalue weighted by Crippen LogP contribution is 2.37. The van der Waals surface area contributed by atoms with E-state index in [0.29, 0.717) is 12.3 Å². The van der Waals surface area contributed by atoms with E-state index in [2.05, 4.69) is 26.8 Å². The molecule has 1 aliphatic rings. The molecule has 4 nitrogen and oxygen atoms in total. The molecule has 0 heterocycles. The minimum atomic E-state index is -0.772. The topological polar surface area (TPSA) is 77.8 Å². The predicted octanol–water partition coefficient (Wildman–Crippen LogP) is 4.71. The number of unbranched alkanes of at least 4 members (excludes halogenated alkanes) is 1.